The van der Waals surface area contributed by atoms with Crippen LogP contribution in [-0.4, -0.2) is 35.7 Å². The minimum Gasteiger partial charge on any atom is -0.494 e. The Bertz CT molecular complexity index is 2140. The van der Waals surface area contributed by atoms with Crippen LogP contribution in [0.3, 0.4) is 0 Å². The van der Waals surface area contributed by atoms with Gasteiger partial charge in [-0.05, 0) is 97.3 Å². The van der Waals surface area contributed by atoms with E-state index in [1.165, 1.54) is 12.1 Å². The molecule has 0 bridgehead atoms. The number of rotatable bonds is 12. The van der Waals surface area contributed by atoms with E-state index in [0.29, 0.717) is 35.9 Å². The van der Waals surface area contributed by atoms with Gasteiger partial charge in [-0.1, -0.05) is 54.1 Å². The summed E-state index contributed by atoms with van der Waals surface area (Å²) in [6, 6.07) is 23.1. The third-order valence-electron chi connectivity index (χ3n) is 8.69. The topological polar surface area (TPSA) is 112 Å². The lowest BCUT2D eigenvalue weighted by Gasteiger charge is -2.13. The van der Waals surface area contributed by atoms with Crippen LogP contribution < -0.4 is 14.2 Å². The monoisotopic (exact) mass is 696 g/mol. The Balaban J connectivity index is 1.32. The van der Waals surface area contributed by atoms with Crippen molar-refractivity contribution in [3.63, 3.8) is 0 Å². The van der Waals surface area contributed by atoms with Crippen LogP contribution in [-0.2, 0) is 34.9 Å². The molecule has 1 N–H and O–H groups in total. The fraction of sp³-hybridized carbons (Fsp3) is 0.237. The number of fused-ring (bicyclic) bond motifs is 1. The molecule has 0 spiro atoms. The number of hydrogen-bond donors (Lipinski definition) is 1. The highest BCUT2D eigenvalue weighted by atomic mass is 35.5. The largest absolute Gasteiger partial charge is 0.494 e. The van der Waals surface area contributed by atoms with Gasteiger partial charge in [0.15, 0.2) is 0 Å². The van der Waals surface area contributed by atoms with E-state index in [0.717, 1.165) is 56.1 Å². The highest BCUT2D eigenvalue weighted by molar-refractivity contribution is 7.90. The summed E-state index contributed by atoms with van der Waals surface area (Å²) in [5.41, 5.74) is 8.38. The molecule has 0 radical (unpaired) electrons. The molecule has 2 heterocycles. The van der Waals surface area contributed by atoms with Gasteiger partial charge in [0, 0.05) is 47.6 Å². The Kier molecular flexibility index (Phi) is 9.89. The van der Waals surface area contributed by atoms with Gasteiger partial charge in [0.25, 0.3) is 15.9 Å². The van der Waals surface area contributed by atoms with Gasteiger partial charge in [-0.25, -0.2) is 18.1 Å². The van der Waals surface area contributed by atoms with Crippen molar-refractivity contribution in [3.05, 3.63) is 129 Å². The van der Waals surface area contributed by atoms with Crippen LogP contribution in [0.1, 0.15) is 46.5 Å². The summed E-state index contributed by atoms with van der Waals surface area (Å²) in [7, 11) is -2.21. The summed E-state index contributed by atoms with van der Waals surface area (Å²) in [4.78, 5) is 18.2. The summed E-state index contributed by atoms with van der Waals surface area (Å²) in [5, 5.41) is 5.47. The van der Waals surface area contributed by atoms with Crippen molar-refractivity contribution in [2.75, 3.05) is 6.61 Å². The number of allylic oxidation sites excluding steroid dienone is 1. The predicted octanol–water partition coefficient (Wildman–Crippen LogP) is 7.31. The molecule has 3 aromatic carbocycles. The molecule has 252 valence electrons. The second kappa shape index (κ2) is 14.3. The van der Waals surface area contributed by atoms with Crippen LogP contribution in [0.2, 0.25) is 5.02 Å². The van der Waals surface area contributed by atoms with Crippen LogP contribution in [0.15, 0.2) is 95.5 Å². The molecular weight excluding hydrogens is 660 g/mol. The molecule has 0 saturated heterocycles. The van der Waals surface area contributed by atoms with E-state index in [1.54, 1.807) is 30.5 Å². The smallest absolute Gasteiger partial charge is 0.264 e. The van der Waals surface area contributed by atoms with Gasteiger partial charge in [0.2, 0.25) is 5.88 Å². The average molecular weight is 697 g/mol. The first kappa shape index (κ1) is 34.0. The molecule has 49 heavy (non-hydrogen) atoms. The molecule has 1 aliphatic rings. The quantitative estimate of drug-likeness (QED) is 0.136. The standard InChI is InChI=1S/C38H37ClN4O5S/c1-24-20-27(21-25(2)37(24)39)47-19-11-16-30-29-14-10-15-31(36-26(3)43(4)41-34(36)23-48-35-17-8-9-18-40-35)32(29)22-33(30)38(44)42-49(45,46)28-12-6-5-7-13-28/h5-10,12-15,17-18,20-21H,11,16,19,22-23H2,1-4H3,(H,42,44). The predicted molar refractivity (Wildman–Crippen MR) is 190 cm³/mol. The van der Waals surface area contributed by atoms with Crippen LogP contribution in [0, 0.1) is 20.8 Å². The Morgan fingerprint density at radius 2 is 1.65 bits per heavy atom. The third kappa shape index (κ3) is 7.25. The maximum absolute atomic E-state index is 13.9. The maximum atomic E-state index is 13.9. The molecule has 5 aromatic rings. The highest BCUT2D eigenvalue weighted by Crippen LogP contribution is 2.43. The SMILES string of the molecule is Cc1cc(OCCCC2=C(C(=O)NS(=O)(=O)c3ccccc3)Cc3c2cccc3-c2c(COc3ccccn3)nn(C)c2C)cc(C)c1Cl. The summed E-state index contributed by atoms with van der Waals surface area (Å²) < 4.78 is 42.7. The van der Waals surface area contributed by atoms with E-state index < -0.39 is 15.9 Å². The second-order valence-corrected chi connectivity index (χ2v) is 14.1. The lowest BCUT2D eigenvalue weighted by atomic mass is 9.93. The van der Waals surface area contributed by atoms with Gasteiger partial charge in [-0.3, -0.25) is 9.48 Å². The summed E-state index contributed by atoms with van der Waals surface area (Å²) in [6.45, 7) is 6.46. The molecule has 9 nitrogen and oxygen atoms in total. The lowest BCUT2D eigenvalue weighted by Crippen LogP contribution is -2.32. The number of halogens is 1. The zero-order valence-corrected chi connectivity index (χ0v) is 29.4. The normalized spacial score (nSPS) is 12.6. The van der Waals surface area contributed by atoms with Crippen LogP contribution in [0.4, 0.5) is 0 Å². The molecule has 1 amide bonds. The molecule has 0 saturated carbocycles. The fourth-order valence-electron chi connectivity index (χ4n) is 6.22. The molecular formula is C38H37ClN4O5S. The number of aryl methyl sites for hydroxylation is 3. The molecule has 0 aliphatic heterocycles. The first-order valence-electron chi connectivity index (χ1n) is 16.0. The Labute approximate surface area is 291 Å². The number of benzene rings is 3. The van der Waals surface area contributed by atoms with E-state index >= 15 is 0 Å². The number of ether oxygens (including phenoxy) is 2. The molecule has 0 unspecified atom stereocenters. The summed E-state index contributed by atoms with van der Waals surface area (Å²) in [6.07, 6.45) is 3.02. The van der Waals surface area contributed by atoms with Crippen molar-refractivity contribution in [2.24, 2.45) is 7.05 Å². The molecule has 6 rings (SSSR count). The van der Waals surface area contributed by atoms with E-state index in [2.05, 4.69) is 9.71 Å². The van der Waals surface area contributed by atoms with Crippen LogP contribution >= 0.6 is 11.6 Å². The Morgan fingerprint density at radius 3 is 2.37 bits per heavy atom. The first-order valence-corrected chi connectivity index (χ1v) is 17.8. The van der Waals surface area contributed by atoms with E-state index in [-0.39, 0.29) is 17.9 Å². The Hall–Kier alpha value is -4.93. The zero-order valence-electron chi connectivity index (χ0n) is 27.8. The number of aromatic nitrogens is 3. The van der Waals surface area contributed by atoms with Gasteiger partial charge < -0.3 is 9.47 Å². The molecule has 0 atom stereocenters. The van der Waals surface area contributed by atoms with E-state index in [1.807, 2.05) is 75.0 Å². The number of nitrogens with zero attached hydrogens (tertiary/aromatic N) is 3. The summed E-state index contributed by atoms with van der Waals surface area (Å²) in [5.74, 6) is 0.568. The van der Waals surface area contributed by atoms with E-state index in [9.17, 15) is 13.2 Å². The fourth-order valence-corrected chi connectivity index (χ4v) is 7.33. The van der Waals surface area contributed by atoms with Gasteiger partial charge in [-0.2, -0.15) is 5.10 Å². The van der Waals surface area contributed by atoms with Crippen LogP contribution in [0.5, 0.6) is 11.6 Å². The third-order valence-corrected chi connectivity index (χ3v) is 10.6. The van der Waals surface area contributed by atoms with E-state index in [4.69, 9.17) is 26.2 Å². The average Bonchev–Trinajstić information content (AvgIpc) is 3.61. The Morgan fingerprint density at radius 1 is 0.939 bits per heavy atom. The van der Waals surface area contributed by atoms with Crippen molar-refractivity contribution in [3.8, 4) is 22.8 Å². The minimum atomic E-state index is -4.09. The van der Waals surface area contributed by atoms with Crippen molar-refractivity contribution in [2.45, 2.75) is 51.5 Å². The van der Waals surface area contributed by atoms with Crippen molar-refractivity contribution in [1.82, 2.24) is 19.5 Å². The highest BCUT2D eigenvalue weighted by Gasteiger charge is 2.32. The number of carbonyl (C=O) groups excluding carboxylic acids is 1. The van der Waals surface area contributed by atoms with Gasteiger partial charge in [-0.15, -0.1) is 0 Å². The molecule has 1 aliphatic carbocycles. The molecule has 11 heteroatoms. The number of carbonyl (C=O) groups is 1. The van der Waals surface area contributed by atoms with Gasteiger partial charge in [0.05, 0.1) is 11.5 Å². The van der Waals surface area contributed by atoms with Crippen LogP contribution in [0.25, 0.3) is 16.7 Å². The van der Waals surface area contributed by atoms with Gasteiger partial charge in [0.1, 0.15) is 18.1 Å². The van der Waals surface area contributed by atoms with Crippen molar-refractivity contribution in [1.29, 1.82) is 0 Å². The maximum Gasteiger partial charge on any atom is 0.264 e. The number of nitrogens with one attached hydrogen (secondary N) is 1. The molecule has 0 fully saturated rings. The number of sulfonamides is 1. The number of amides is 1. The second-order valence-electron chi connectivity index (χ2n) is 12.0. The summed E-state index contributed by atoms with van der Waals surface area (Å²) >= 11 is 6.34. The number of pyridine rings is 1. The minimum absolute atomic E-state index is 0.0205. The number of hydrogen-bond acceptors (Lipinski definition) is 7. The van der Waals surface area contributed by atoms with Crippen molar-refractivity contribution < 1.29 is 22.7 Å². The first-order chi connectivity index (χ1) is 23.5. The lowest BCUT2D eigenvalue weighted by molar-refractivity contribution is -0.115. The molecule has 2 aromatic heterocycles. The zero-order chi connectivity index (χ0) is 34.7. The van der Waals surface area contributed by atoms with Crippen molar-refractivity contribution >= 4 is 33.1 Å². The van der Waals surface area contributed by atoms with Gasteiger partial charge >= 0.3 is 0 Å².